The minimum Gasteiger partial charge on any atom is -0.331 e. The topological polar surface area (TPSA) is 108 Å². The van der Waals surface area contributed by atoms with Gasteiger partial charge in [-0.2, -0.15) is 0 Å². The fourth-order valence-corrected chi connectivity index (χ4v) is 8.25. The van der Waals surface area contributed by atoms with E-state index in [0.29, 0.717) is 34.9 Å². The maximum absolute atomic E-state index is 15.0. The van der Waals surface area contributed by atoms with Crippen LogP contribution in [0.3, 0.4) is 0 Å². The van der Waals surface area contributed by atoms with E-state index in [1.165, 1.54) is 13.8 Å². The molecule has 2 aliphatic heterocycles. The smallest absolute Gasteiger partial charge is 0.240 e. The van der Waals surface area contributed by atoms with E-state index in [1.807, 2.05) is 4.90 Å². The van der Waals surface area contributed by atoms with Gasteiger partial charge in [-0.15, -0.1) is 0 Å². The first-order valence-electron chi connectivity index (χ1n) is 11.7. The van der Waals surface area contributed by atoms with Crippen LogP contribution in [0, 0.1) is 0 Å². The second kappa shape index (κ2) is 10.1. The van der Waals surface area contributed by atoms with E-state index in [4.69, 9.17) is 0 Å². The average Bonchev–Trinajstić information content (AvgIpc) is 3.51. The number of carbonyl (C=O) groups excluding carboxylic acids is 3. The molecule has 2 fully saturated rings. The highest BCUT2D eigenvalue weighted by Gasteiger charge is 2.46. The van der Waals surface area contributed by atoms with Crippen LogP contribution in [0.4, 0.5) is 11.4 Å². The Morgan fingerprint density at radius 2 is 1.38 bits per heavy atom. The van der Waals surface area contributed by atoms with E-state index in [1.54, 1.807) is 48.5 Å². The van der Waals surface area contributed by atoms with E-state index >= 15 is 4.57 Å². The predicted molar refractivity (Wildman–Crippen MR) is 134 cm³/mol. The van der Waals surface area contributed by atoms with Gasteiger partial charge in [0.1, 0.15) is 0 Å². The summed E-state index contributed by atoms with van der Waals surface area (Å²) in [5.41, 5.74) is 1.25. The fourth-order valence-electron chi connectivity index (χ4n) is 4.91. The molecule has 1 unspecified atom stereocenters. The first kappa shape index (κ1) is 24.2. The summed E-state index contributed by atoms with van der Waals surface area (Å²) in [7, 11) is -3.28. The molecule has 2 aliphatic rings. The van der Waals surface area contributed by atoms with Crippen LogP contribution >= 0.6 is 7.14 Å². The van der Waals surface area contributed by atoms with Crippen LogP contribution in [0.5, 0.6) is 0 Å². The maximum Gasteiger partial charge on any atom is 0.240 e. The number of benzene rings is 2. The largest absolute Gasteiger partial charge is 0.331 e. The van der Waals surface area contributed by atoms with Gasteiger partial charge in [0.25, 0.3) is 0 Å². The molecule has 4 rings (SSSR count). The lowest BCUT2D eigenvalue weighted by molar-refractivity contribution is -0.132. The lowest BCUT2D eigenvalue weighted by Crippen LogP contribution is -2.47. The monoisotopic (exact) mass is 482 g/mol. The molecule has 0 radical (unpaired) electrons. The van der Waals surface area contributed by atoms with Crippen molar-refractivity contribution in [3.63, 3.8) is 0 Å². The Morgan fingerprint density at radius 3 is 1.82 bits per heavy atom. The van der Waals surface area contributed by atoms with Crippen molar-refractivity contribution in [2.45, 2.75) is 51.4 Å². The molecule has 0 spiro atoms. The number of nitrogens with one attached hydrogen (secondary N) is 3. The van der Waals surface area contributed by atoms with E-state index in [-0.39, 0.29) is 23.8 Å². The Morgan fingerprint density at radius 1 is 0.853 bits per heavy atom. The van der Waals surface area contributed by atoms with Gasteiger partial charge in [0.05, 0.1) is 11.8 Å². The Kier molecular flexibility index (Phi) is 7.19. The Hall–Kier alpha value is -2.96. The number of rotatable bonds is 6. The standard InChI is InChI=1S/C25H31N4O4P/c1-17(30)27-19-7-11-21(12-8-19)34(33,22-13-9-20(10-14-22)28-18(2)31)24-6-4-16-29(24)25(32)23-5-3-15-26-23/h7-14,23-24,26H,3-6,15-16H2,1-2H3,(H,27,30)(H,28,31)/t23-,24?/m0/s1. The van der Waals surface area contributed by atoms with Crippen LogP contribution in [-0.4, -0.2) is 47.5 Å². The number of likely N-dealkylation sites (tertiary alicyclic amines) is 1. The highest BCUT2D eigenvalue weighted by atomic mass is 31.2. The normalized spacial score (nSPS) is 20.2. The number of carbonyl (C=O) groups is 3. The molecule has 0 saturated carbocycles. The molecule has 0 bridgehead atoms. The molecule has 0 aliphatic carbocycles. The molecule has 0 aromatic heterocycles. The second-order valence-corrected chi connectivity index (χ2v) is 11.9. The molecule has 9 heteroatoms. The average molecular weight is 483 g/mol. The zero-order valence-corrected chi connectivity index (χ0v) is 20.4. The summed E-state index contributed by atoms with van der Waals surface area (Å²) in [4.78, 5) is 38.0. The lowest BCUT2D eigenvalue weighted by atomic mass is 10.2. The van der Waals surface area contributed by atoms with Gasteiger partial charge in [-0.05, 0) is 80.8 Å². The third-order valence-corrected chi connectivity index (χ3v) is 9.93. The van der Waals surface area contributed by atoms with Crippen molar-refractivity contribution in [3.05, 3.63) is 48.5 Å². The molecule has 2 aromatic rings. The summed E-state index contributed by atoms with van der Waals surface area (Å²) in [5, 5.41) is 10.0. The summed E-state index contributed by atoms with van der Waals surface area (Å²) >= 11 is 0. The van der Waals surface area contributed by atoms with Crippen molar-refractivity contribution in [1.29, 1.82) is 0 Å². The van der Waals surface area contributed by atoms with Crippen molar-refractivity contribution in [2.75, 3.05) is 23.7 Å². The minimum absolute atomic E-state index is 0.0185. The van der Waals surface area contributed by atoms with Gasteiger partial charge >= 0.3 is 0 Å². The number of hydrogen-bond donors (Lipinski definition) is 3. The summed E-state index contributed by atoms with van der Waals surface area (Å²) in [6.45, 7) is 4.28. The summed E-state index contributed by atoms with van der Waals surface area (Å²) in [6.07, 6.45) is 3.20. The number of nitrogens with zero attached hydrogens (tertiary/aromatic N) is 1. The Labute approximate surface area is 199 Å². The highest BCUT2D eigenvalue weighted by Crippen LogP contribution is 2.54. The van der Waals surface area contributed by atoms with Gasteiger partial charge < -0.3 is 25.4 Å². The molecule has 3 N–H and O–H groups in total. The van der Waals surface area contributed by atoms with Crippen LogP contribution in [0.15, 0.2) is 48.5 Å². The molecule has 8 nitrogen and oxygen atoms in total. The molecule has 2 atom stereocenters. The van der Waals surface area contributed by atoms with Crippen molar-refractivity contribution < 1.29 is 18.9 Å². The number of anilines is 2. The zero-order valence-electron chi connectivity index (χ0n) is 19.5. The van der Waals surface area contributed by atoms with Gasteiger partial charge in [0.2, 0.25) is 17.7 Å². The predicted octanol–water partition coefficient (Wildman–Crippen LogP) is 2.62. The van der Waals surface area contributed by atoms with Crippen LogP contribution in [0.2, 0.25) is 0 Å². The number of amides is 3. The van der Waals surface area contributed by atoms with E-state index in [9.17, 15) is 14.4 Å². The molecular formula is C25H31N4O4P. The molecule has 180 valence electrons. The molecule has 2 saturated heterocycles. The summed E-state index contributed by atoms with van der Waals surface area (Å²) in [5.74, 6) is -0.784. The zero-order chi connectivity index (χ0) is 24.3. The minimum atomic E-state index is -3.28. The second-order valence-electron chi connectivity index (χ2n) is 8.92. The number of hydrogen-bond acceptors (Lipinski definition) is 5. The molecular weight excluding hydrogens is 451 g/mol. The first-order valence-corrected chi connectivity index (χ1v) is 13.5. The Balaban J connectivity index is 1.74. The van der Waals surface area contributed by atoms with Gasteiger partial charge in [-0.3, -0.25) is 14.4 Å². The molecule has 2 heterocycles. The van der Waals surface area contributed by atoms with E-state index in [2.05, 4.69) is 16.0 Å². The third kappa shape index (κ3) is 4.93. The van der Waals surface area contributed by atoms with Crippen molar-refractivity contribution in [2.24, 2.45) is 0 Å². The van der Waals surface area contributed by atoms with Crippen molar-refractivity contribution in [1.82, 2.24) is 10.2 Å². The van der Waals surface area contributed by atoms with Gasteiger partial charge in [0, 0.05) is 42.4 Å². The SMILES string of the molecule is CC(=O)Nc1ccc(P(=O)(c2ccc(NC(C)=O)cc2)C2CCCN2C(=O)[C@@H]2CCCN2)cc1. The quantitative estimate of drug-likeness (QED) is 0.549. The summed E-state index contributed by atoms with van der Waals surface area (Å²) in [6, 6.07) is 13.9. The van der Waals surface area contributed by atoms with E-state index < -0.39 is 12.9 Å². The molecule has 34 heavy (non-hydrogen) atoms. The lowest BCUT2D eigenvalue weighted by Gasteiger charge is -2.34. The molecule has 2 aromatic carbocycles. The third-order valence-electron chi connectivity index (χ3n) is 6.42. The van der Waals surface area contributed by atoms with Crippen LogP contribution in [-0.2, 0) is 18.9 Å². The van der Waals surface area contributed by atoms with Crippen molar-refractivity contribution in [3.8, 4) is 0 Å². The molecule has 3 amide bonds. The van der Waals surface area contributed by atoms with Gasteiger partial charge in [-0.1, -0.05) is 0 Å². The first-order chi connectivity index (χ1) is 16.3. The van der Waals surface area contributed by atoms with Gasteiger partial charge in [-0.25, -0.2) is 0 Å². The fraction of sp³-hybridized carbons (Fsp3) is 0.400. The van der Waals surface area contributed by atoms with Crippen LogP contribution in [0.25, 0.3) is 0 Å². The van der Waals surface area contributed by atoms with Crippen LogP contribution < -0.4 is 26.6 Å². The van der Waals surface area contributed by atoms with E-state index in [0.717, 1.165) is 25.8 Å². The van der Waals surface area contributed by atoms with Crippen molar-refractivity contribution >= 4 is 46.8 Å². The van der Waals surface area contributed by atoms with Gasteiger partial charge in [0.15, 0.2) is 7.14 Å². The van der Waals surface area contributed by atoms with Crippen LogP contribution in [0.1, 0.15) is 39.5 Å². The summed E-state index contributed by atoms with van der Waals surface area (Å²) < 4.78 is 15.0. The maximum atomic E-state index is 15.0. The Bertz CT molecular complexity index is 1050. The highest BCUT2D eigenvalue weighted by molar-refractivity contribution is 7.79.